The van der Waals surface area contributed by atoms with E-state index in [2.05, 4.69) is 61.0 Å². The van der Waals surface area contributed by atoms with E-state index in [9.17, 15) is 5.11 Å². The van der Waals surface area contributed by atoms with Crippen LogP contribution < -0.4 is 5.32 Å². The van der Waals surface area contributed by atoms with Gasteiger partial charge in [0.05, 0.1) is 6.61 Å². The number of rotatable bonds is 6. The lowest BCUT2D eigenvalue weighted by molar-refractivity contribution is 0.238. The van der Waals surface area contributed by atoms with Gasteiger partial charge in [-0.1, -0.05) is 25.1 Å². The molecule has 0 amide bonds. The van der Waals surface area contributed by atoms with Crippen LogP contribution in [0.5, 0.6) is 0 Å². The van der Waals surface area contributed by atoms with Crippen molar-refractivity contribution in [2.45, 2.75) is 39.8 Å². The van der Waals surface area contributed by atoms with Gasteiger partial charge in [-0.05, 0) is 44.0 Å². The number of aliphatic hydroxyl groups excluding tert-OH is 1. The van der Waals surface area contributed by atoms with Crippen molar-refractivity contribution in [1.82, 2.24) is 9.88 Å². The number of aromatic nitrogens is 1. The molecule has 0 fully saturated rings. The molecule has 1 aromatic carbocycles. The first kappa shape index (κ1) is 14.8. The molecule has 1 unspecified atom stereocenters. The van der Waals surface area contributed by atoms with Crippen LogP contribution in [0.4, 0.5) is 0 Å². The lowest BCUT2D eigenvalue weighted by Gasteiger charge is -2.14. The van der Waals surface area contributed by atoms with Gasteiger partial charge in [-0.2, -0.15) is 0 Å². The number of para-hydroxylation sites is 1. The summed E-state index contributed by atoms with van der Waals surface area (Å²) in [5.41, 5.74) is 4.98. The van der Waals surface area contributed by atoms with Gasteiger partial charge in [0.1, 0.15) is 0 Å². The van der Waals surface area contributed by atoms with Crippen molar-refractivity contribution in [3.63, 3.8) is 0 Å². The SMILES string of the molecule is CCC(CO)NCc1cc(C)n(-c2ccccc2)c1C. The van der Waals surface area contributed by atoms with Crippen LogP contribution in [0.2, 0.25) is 0 Å². The van der Waals surface area contributed by atoms with Gasteiger partial charge < -0.3 is 15.0 Å². The van der Waals surface area contributed by atoms with Crippen LogP contribution in [0.1, 0.15) is 30.3 Å². The lowest BCUT2D eigenvalue weighted by atomic mass is 10.2. The van der Waals surface area contributed by atoms with Crippen LogP contribution in [0.3, 0.4) is 0 Å². The maximum atomic E-state index is 9.24. The van der Waals surface area contributed by atoms with Gasteiger partial charge in [-0.3, -0.25) is 0 Å². The summed E-state index contributed by atoms with van der Waals surface area (Å²) in [7, 11) is 0. The molecular formula is C17H24N2O. The zero-order valence-corrected chi connectivity index (χ0v) is 12.6. The number of hydrogen-bond acceptors (Lipinski definition) is 2. The van der Waals surface area contributed by atoms with Crippen LogP contribution in [-0.2, 0) is 6.54 Å². The molecule has 0 aliphatic heterocycles. The second kappa shape index (κ2) is 6.73. The highest BCUT2D eigenvalue weighted by atomic mass is 16.3. The predicted molar refractivity (Wildman–Crippen MR) is 83.2 cm³/mol. The van der Waals surface area contributed by atoms with Crippen LogP contribution in [0, 0.1) is 13.8 Å². The van der Waals surface area contributed by atoms with E-state index in [1.807, 2.05) is 6.07 Å². The zero-order chi connectivity index (χ0) is 14.5. The van der Waals surface area contributed by atoms with Gasteiger partial charge >= 0.3 is 0 Å². The summed E-state index contributed by atoms with van der Waals surface area (Å²) < 4.78 is 2.27. The third-order valence-electron chi connectivity index (χ3n) is 3.84. The molecule has 3 nitrogen and oxygen atoms in total. The molecule has 0 saturated carbocycles. The Bertz CT molecular complexity index is 542. The zero-order valence-electron chi connectivity index (χ0n) is 12.6. The second-order valence-corrected chi connectivity index (χ2v) is 5.24. The lowest BCUT2D eigenvalue weighted by Crippen LogP contribution is -2.31. The average molecular weight is 272 g/mol. The summed E-state index contributed by atoms with van der Waals surface area (Å²) in [6.07, 6.45) is 0.938. The number of aryl methyl sites for hydroxylation is 1. The van der Waals surface area contributed by atoms with Crippen molar-refractivity contribution in [3.8, 4) is 5.69 Å². The van der Waals surface area contributed by atoms with Crippen molar-refractivity contribution >= 4 is 0 Å². The monoisotopic (exact) mass is 272 g/mol. The largest absolute Gasteiger partial charge is 0.395 e. The minimum absolute atomic E-state index is 0.176. The van der Waals surface area contributed by atoms with Crippen molar-refractivity contribution in [1.29, 1.82) is 0 Å². The Morgan fingerprint density at radius 2 is 1.90 bits per heavy atom. The minimum atomic E-state index is 0.176. The summed E-state index contributed by atoms with van der Waals surface area (Å²) in [6, 6.07) is 12.8. The van der Waals surface area contributed by atoms with Crippen molar-refractivity contribution < 1.29 is 5.11 Å². The van der Waals surface area contributed by atoms with Crippen LogP contribution >= 0.6 is 0 Å². The van der Waals surface area contributed by atoms with Crippen LogP contribution in [0.25, 0.3) is 5.69 Å². The summed E-state index contributed by atoms with van der Waals surface area (Å²) >= 11 is 0. The molecule has 2 N–H and O–H groups in total. The number of aliphatic hydroxyl groups is 1. The molecule has 1 atom stereocenters. The average Bonchev–Trinajstić information content (AvgIpc) is 2.75. The van der Waals surface area contributed by atoms with E-state index < -0.39 is 0 Å². The molecule has 1 heterocycles. The maximum Gasteiger partial charge on any atom is 0.0584 e. The number of benzene rings is 1. The van der Waals surface area contributed by atoms with Gasteiger partial charge in [-0.25, -0.2) is 0 Å². The molecule has 2 rings (SSSR count). The fourth-order valence-corrected chi connectivity index (χ4v) is 2.57. The molecule has 0 aliphatic rings. The molecule has 2 aromatic rings. The fraction of sp³-hybridized carbons (Fsp3) is 0.412. The molecule has 0 spiro atoms. The quantitative estimate of drug-likeness (QED) is 0.848. The van der Waals surface area contributed by atoms with Gasteiger partial charge in [0.2, 0.25) is 0 Å². The Morgan fingerprint density at radius 1 is 1.20 bits per heavy atom. The van der Waals surface area contributed by atoms with E-state index in [0.717, 1.165) is 13.0 Å². The highest BCUT2D eigenvalue weighted by Gasteiger charge is 2.11. The molecule has 0 saturated heterocycles. The molecule has 20 heavy (non-hydrogen) atoms. The molecule has 0 radical (unpaired) electrons. The molecule has 108 valence electrons. The van der Waals surface area contributed by atoms with Crippen molar-refractivity contribution in [2.24, 2.45) is 0 Å². The van der Waals surface area contributed by atoms with E-state index in [-0.39, 0.29) is 12.6 Å². The van der Waals surface area contributed by atoms with E-state index >= 15 is 0 Å². The number of hydrogen-bond donors (Lipinski definition) is 2. The van der Waals surface area contributed by atoms with Crippen LogP contribution in [-0.4, -0.2) is 22.3 Å². The van der Waals surface area contributed by atoms with E-state index in [4.69, 9.17) is 0 Å². The normalized spacial score (nSPS) is 12.6. The van der Waals surface area contributed by atoms with E-state index in [1.54, 1.807) is 0 Å². The van der Waals surface area contributed by atoms with Crippen molar-refractivity contribution in [2.75, 3.05) is 6.61 Å². The Labute approximate surface area is 121 Å². The predicted octanol–water partition coefficient (Wildman–Crippen LogP) is 2.95. The number of nitrogens with one attached hydrogen (secondary N) is 1. The molecule has 1 aromatic heterocycles. The first-order chi connectivity index (χ1) is 9.67. The highest BCUT2D eigenvalue weighted by Crippen LogP contribution is 2.20. The maximum absolute atomic E-state index is 9.24. The topological polar surface area (TPSA) is 37.2 Å². The summed E-state index contributed by atoms with van der Waals surface area (Å²) in [4.78, 5) is 0. The van der Waals surface area contributed by atoms with Gasteiger partial charge in [0, 0.05) is 29.7 Å². The van der Waals surface area contributed by atoms with E-state index in [1.165, 1.54) is 22.6 Å². The summed E-state index contributed by atoms with van der Waals surface area (Å²) in [5, 5.41) is 12.6. The standard InChI is InChI=1S/C17H24N2O/c1-4-16(12-20)18-11-15-10-13(2)19(14(15)3)17-8-6-5-7-9-17/h5-10,16,18,20H,4,11-12H2,1-3H3. The molecular weight excluding hydrogens is 248 g/mol. The van der Waals surface area contributed by atoms with Crippen LogP contribution in [0.15, 0.2) is 36.4 Å². The first-order valence-corrected chi connectivity index (χ1v) is 7.24. The van der Waals surface area contributed by atoms with E-state index in [0.29, 0.717) is 0 Å². The smallest absolute Gasteiger partial charge is 0.0584 e. The fourth-order valence-electron chi connectivity index (χ4n) is 2.57. The Kier molecular flexibility index (Phi) is 4.99. The Balaban J connectivity index is 2.21. The van der Waals surface area contributed by atoms with Crippen molar-refractivity contribution in [3.05, 3.63) is 53.3 Å². The second-order valence-electron chi connectivity index (χ2n) is 5.24. The molecule has 0 bridgehead atoms. The minimum Gasteiger partial charge on any atom is -0.395 e. The number of nitrogens with zero attached hydrogens (tertiary/aromatic N) is 1. The highest BCUT2D eigenvalue weighted by molar-refractivity contribution is 5.40. The Morgan fingerprint density at radius 3 is 2.50 bits per heavy atom. The van der Waals surface area contributed by atoms with Gasteiger partial charge in [0.15, 0.2) is 0 Å². The third-order valence-corrected chi connectivity index (χ3v) is 3.84. The third kappa shape index (κ3) is 3.11. The van der Waals surface area contributed by atoms with Gasteiger partial charge in [0.25, 0.3) is 0 Å². The Hall–Kier alpha value is -1.58. The summed E-state index contributed by atoms with van der Waals surface area (Å²) in [5.74, 6) is 0. The molecule has 3 heteroatoms. The first-order valence-electron chi connectivity index (χ1n) is 7.24. The summed E-state index contributed by atoms with van der Waals surface area (Å²) in [6.45, 7) is 7.35. The van der Waals surface area contributed by atoms with Gasteiger partial charge in [-0.15, -0.1) is 0 Å². The molecule has 0 aliphatic carbocycles.